The number of benzene rings is 1. The van der Waals surface area contributed by atoms with Gasteiger partial charge in [-0.3, -0.25) is 14.6 Å². The van der Waals surface area contributed by atoms with E-state index in [-0.39, 0.29) is 11.4 Å². The van der Waals surface area contributed by atoms with E-state index in [0.29, 0.717) is 29.1 Å². The second kappa shape index (κ2) is 5.27. The SMILES string of the molecule is CNCc1c(-c2cc(F)ccc2OC)[nH]n(C)c1=O. The fourth-order valence-corrected chi connectivity index (χ4v) is 2.03. The maximum atomic E-state index is 13.4. The van der Waals surface area contributed by atoms with Crippen LogP contribution in [0.15, 0.2) is 23.0 Å². The van der Waals surface area contributed by atoms with E-state index in [9.17, 15) is 9.18 Å². The van der Waals surface area contributed by atoms with Gasteiger partial charge in [-0.05, 0) is 25.2 Å². The zero-order chi connectivity index (χ0) is 14.0. The number of aryl methyl sites for hydroxylation is 1. The number of H-pyrrole nitrogens is 1. The van der Waals surface area contributed by atoms with Crippen LogP contribution in [0.2, 0.25) is 0 Å². The van der Waals surface area contributed by atoms with Crippen LogP contribution in [-0.4, -0.2) is 23.9 Å². The van der Waals surface area contributed by atoms with E-state index in [1.165, 1.54) is 23.9 Å². The van der Waals surface area contributed by atoms with Crippen LogP contribution in [-0.2, 0) is 13.6 Å². The first-order chi connectivity index (χ1) is 9.08. The number of hydrogen-bond acceptors (Lipinski definition) is 3. The van der Waals surface area contributed by atoms with E-state index in [0.717, 1.165) is 0 Å². The van der Waals surface area contributed by atoms with Crippen LogP contribution in [0.3, 0.4) is 0 Å². The van der Waals surface area contributed by atoms with Crippen molar-refractivity contribution in [1.29, 1.82) is 0 Å². The number of aromatic nitrogens is 2. The molecule has 0 aliphatic rings. The predicted molar refractivity (Wildman–Crippen MR) is 70.7 cm³/mol. The second-order valence-electron chi connectivity index (χ2n) is 4.20. The molecule has 0 saturated carbocycles. The van der Waals surface area contributed by atoms with Crippen molar-refractivity contribution in [3.8, 4) is 17.0 Å². The summed E-state index contributed by atoms with van der Waals surface area (Å²) in [6, 6.07) is 4.21. The summed E-state index contributed by atoms with van der Waals surface area (Å²) in [5.41, 5.74) is 1.51. The van der Waals surface area contributed by atoms with Gasteiger partial charge in [0, 0.05) is 19.2 Å². The second-order valence-corrected chi connectivity index (χ2v) is 4.20. The van der Waals surface area contributed by atoms with E-state index >= 15 is 0 Å². The predicted octanol–water partition coefficient (Wildman–Crippen LogP) is 1.25. The van der Waals surface area contributed by atoms with Gasteiger partial charge in [0.1, 0.15) is 11.6 Å². The molecule has 0 aliphatic heterocycles. The molecule has 0 atom stereocenters. The van der Waals surface area contributed by atoms with E-state index in [2.05, 4.69) is 10.4 Å². The molecule has 2 N–H and O–H groups in total. The van der Waals surface area contributed by atoms with Gasteiger partial charge in [0.05, 0.1) is 18.4 Å². The number of halogens is 1. The van der Waals surface area contributed by atoms with Crippen molar-refractivity contribution < 1.29 is 9.13 Å². The molecule has 0 spiro atoms. The molecule has 102 valence electrons. The van der Waals surface area contributed by atoms with Crippen molar-refractivity contribution in [3.63, 3.8) is 0 Å². The van der Waals surface area contributed by atoms with Gasteiger partial charge in [-0.25, -0.2) is 4.39 Å². The Balaban J connectivity index is 2.67. The van der Waals surface area contributed by atoms with Crippen LogP contribution in [0.5, 0.6) is 5.75 Å². The molecular formula is C13H16FN3O2. The molecule has 2 aromatic rings. The van der Waals surface area contributed by atoms with Gasteiger partial charge >= 0.3 is 0 Å². The van der Waals surface area contributed by atoms with Gasteiger partial charge in [-0.1, -0.05) is 0 Å². The molecule has 19 heavy (non-hydrogen) atoms. The number of ether oxygens (including phenoxy) is 1. The molecular weight excluding hydrogens is 249 g/mol. The lowest BCUT2D eigenvalue weighted by molar-refractivity contribution is 0.415. The molecule has 0 aliphatic carbocycles. The lowest BCUT2D eigenvalue weighted by Gasteiger charge is -2.08. The molecule has 0 amide bonds. The number of hydrogen-bond donors (Lipinski definition) is 2. The molecule has 1 heterocycles. The monoisotopic (exact) mass is 265 g/mol. The Kier molecular flexibility index (Phi) is 3.71. The van der Waals surface area contributed by atoms with E-state index in [4.69, 9.17) is 4.74 Å². The summed E-state index contributed by atoms with van der Waals surface area (Å²) in [5.74, 6) is 0.136. The minimum atomic E-state index is -0.379. The van der Waals surface area contributed by atoms with Crippen LogP contribution in [0.25, 0.3) is 11.3 Å². The quantitative estimate of drug-likeness (QED) is 0.874. The Morgan fingerprint density at radius 3 is 2.84 bits per heavy atom. The van der Waals surface area contributed by atoms with Crippen LogP contribution >= 0.6 is 0 Å². The Labute approximate surface area is 110 Å². The Morgan fingerprint density at radius 1 is 1.47 bits per heavy atom. The first-order valence-corrected chi connectivity index (χ1v) is 5.85. The minimum Gasteiger partial charge on any atom is -0.496 e. The summed E-state index contributed by atoms with van der Waals surface area (Å²) in [6.45, 7) is 0.394. The third-order valence-corrected chi connectivity index (χ3v) is 2.93. The van der Waals surface area contributed by atoms with Crippen LogP contribution in [0.4, 0.5) is 4.39 Å². The Morgan fingerprint density at radius 2 is 2.21 bits per heavy atom. The fraction of sp³-hybridized carbons (Fsp3) is 0.308. The van der Waals surface area contributed by atoms with Crippen molar-refractivity contribution in [1.82, 2.24) is 15.1 Å². The number of nitrogens with zero attached hydrogens (tertiary/aromatic N) is 1. The van der Waals surface area contributed by atoms with Gasteiger partial charge in [0.15, 0.2) is 0 Å². The highest BCUT2D eigenvalue weighted by Gasteiger charge is 2.17. The maximum Gasteiger partial charge on any atom is 0.271 e. The van der Waals surface area contributed by atoms with Crippen molar-refractivity contribution in [2.45, 2.75) is 6.54 Å². The van der Waals surface area contributed by atoms with E-state index in [1.807, 2.05) is 0 Å². The Hall–Kier alpha value is -2.08. The molecule has 5 nitrogen and oxygen atoms in total. The van der Waals surface area contributed by atoms with Crippen LogP contribution < -0.4 is 15.6 Å². The Bertz CT molecular complexity index is 646. The highest BCUT2D eigenvalue weighted by atomic mass is 19.1. The normalized spacial score (nSPS) is 10.7. The summed E-state index contributed by atoms with van der Waals surface area (Å²) in [7, 11) is 4.88. The molecule has 0 bridgehead atoms. The van der Waals surface area contributed by atoms with Crippen LogP contribution in [0.1, 0.15) is 5.56 Å². The molecule has 0 fully saturated rings. The number of aromatic amines is 1. The third kappa shape index (κ3) is 2.39. The molecule has 6 heteroatoms. The molecule has 0 radical (unpaired) electrons. The summed E-state index contributed by atoms with van der Waals surface area (Å²) >= 11 is 0. The average molecular weight is 265 g/mol. The highest BCUT2D eigenvalue weighted by Crippen LogP contribution is 2.30. The standard InChI is InChI=1S/C13H16FN3O2/c1-15-7-10-12(16-17(2)13(10)18)9-6-8(14)4-5-11(9)19-3/h4-6,15-16H,7H2,1-3H3. The van der Waals surface area contributed by atoms with Gasteiger partial charge in [-0.2, -0.15) is 0 Å². The fourth-order valence-electron chi connectivity index (χ4n) is 2.03. The minimum absolute atomic E-state index is 0.143. The summed E-state index contributed by atoms with van der Waals surface area (Å²) < 4.78 is 20.0. The average Bonchev–Trinajstić information content (AvgIpc) is 2.67. The van der Waals surface area contributed by atoms with E-state index < -0.39 is 0 Å². The first-order valence-electron chi connectivity index (χ1n) is 5.85. The molecule has 1 aromatic carbocycles. The third-order valence-electron chi connectivity index (χ3n) is 2.93. The topological polar surface area (TPSA) is 59.0 Å². The van der Waals surface area contributed by atoms with Crippen molar-refractivity contribution in [2.75, 3.05) is 14.2 Å². The summed E-state index contributed by atoms with van der Waals surface area (Å²) in [4.78, 5) is 12.0. The van der Waals surface area contributed by atoms with Crippen molar-refractivity contribution in [2.24, 2.45) is 7.05 Å². The molecule has 0 saturated heterocycles. The first kappa shape index (κ1) is 13.4. The molecule has 0 unspecified atom stereocenters. The van der Waals surface area contributed by atoms with Gasteiger partial charge in [0.25, 0.3) is 5.56 Å². The van der Waals surface area contributed by atoms with Gasteiger partial charge in [0.2, 0.25) is 0 Å². The summed E-state index contributed by atoms with van der Waals surface area (Å²) in [6.07, 6.45) is 0. The van der Waals surface area contributed by atoms with Gasteiger partial charge < -0.3 is 10.1 Å². The molecule has 1 aromatic heterocycles. The largest absolute Gasteiger partial charge is 0.496 e. The lowest BCUT2D eigenvalue weighted by Crippen LogP contribution is -2.19. The number of nitrogens with one attached hydrogen (secondary N) is 2. The highest BCUT2D eigenvalue weighted by molar-refractivity contribution is 5.69. The van der Waals surface area contributed by atoms with Crippen molar-refractivity contribution >= 4 is 0 Å². The smallest absolute Gasteiger partial charge is 0.271 e. The summed E-state index contributed by atoms with van der Waals surface area (Å²) in [5, 5.41) is 5.87. The number of methoxy groups -OCH3 is 1. The van der Waals surface area contributed by atoms with E-state index in [1.54, 1.807) is 20.2 Å². The van der Waals surface area contributed by atoms with Gasteiger partial charge in [-0.15, -0.1) is 0 Å². The zero-order valence-electron chi connectivity index (χ0n) is 11.1. The van der Waals surface area contributed by atoms with Crippen LogP contribution in [0, 0.1) is 5.82 Å². The van der Waals surface area contributed by atoms with Crippen molar-refractivity contribution in [3.05, 3.63) is 39.9 Å². The maximum absolute atomic E-state index is 13.4. The zero-order valence-corrected chi connectivity index (χ0v) is 11.1. The molecule has 2 rings (SSSR count). The number of rotatable bonds is 4. The lowest BCUT2D eigenvalue weighted by atomic mass is 10.1.